The SMILES string of the molecule is CN1C(=O)C(c2cccc(-c3cccnc3F)c2)(c2cccc(C3COCCN3S(=O)(=O)O)c2)N=C1N. The number of carbonyl (C=O) groups excluding carboxylic acids is 1. The molecule has 0 radical (unpaired) electrons. The van der Waals surface area contributed by atoms with Gasteiger partial charge in [-0.2, -0.15) is 17.1 Å². The predicted molar refractivity (Wildman–Crippen MR) is 133 cm³/mol. The number of rotatable bonds is 5. The van der Waals surface area contributed by atoms with Crippen LogP contribution in [0.4, 0.5) is 4.39 Å². The Labute approximate surface area is 213 Å². The van der Waals surface area contributed by atoms with E-state index in [2.05, 4.69) is 9.98 Å². The van der Waals surface area contributed by atoms with E-state index in [1.807, 2.05) is 0 Å². The van der Waals surface area contributed by atoms with Gasteiger partial charge in [0.2, 0.25) is 5.95 Å². The number of hydrogen-bond donors (Lipinski definition) is 2. The summed E-state index contributed by atoms with van der Waals surface area (Å²) in [6.45, 7) is 0.136. The molecule has 1 aromatic heterocycles. The fraction of sp³-hybridized carbons (Fsp3) is 0.240. The van der Waals surface area contributed by atoms with Crippen LogP contribution in [0.5, 0.6) is 0 Å². The summed E-state index contributed by atoms with van der Waals surface area (Å²) in [5.74, 6) is -1.09. The number of halogens is 1. The Bertz CT molecular complexity index is 1510. The average molecular weight is 526 g/mol. The van der Waals surface area contributed by atoms with Crippen molar-refractivity contribution in [2.24, 2.45) is 10.7 Å². The lowest BCUT2D eigenvalue weighted by atomic mass is 9.80. The van der Waals surface area contributed by atoms with Gasteiger partial charge in [0.1, 0.15) is 0 Å². The van der Waals surface area contributed by atoms with Crippen molar-refractivity contribution in [1.82, 2.24) is 14.2 Å². The number of guanidine groups is 1. The molecule has 192 valence electrons. The Morgan fingerprint density at radius 3 is 2.54 bits per heavy atom. The molecular weight excluding hydrogens is 501 g/mol. The highest BCUT2D eigenvalue weighted by Crippen LogP contribution is 2.42. The van der Waals surface area contributed by atoms with Gasteiger partial charge < -0.3 is 10.5 Å². The summed E-state index contributed by atoms with van der Waals surface area (Å²) in [7, 11) is -3.00. The molecule has 0 saturated carbocycles. The van der Waals surface area contributed by atoms with Crippen molar-refractivity contribution < 1.29 is 26.9 Å². The number of pyridine rings is 1. The monoisotopic (exact) mass is 525 g/mol. The summed E-state index contributed by atoms with van der Waals surface area (Å²) in [4.78, 5) is 23.3. The maximum Gasteiger partial charge on any atom is 0.336 e. The maximum absolute atomic E-state index is 14.5. The number of aromatic nitrogens is 1. The van der Waals surface area contributed by atoms with Crippen molar-refractivity contribution in [2.75, 3.05) is 26.8 Å². The van der Waals surface area contributed by atoms with Gasteiger partial charge in [0.05, 0.1) is 19.3 Å². The van der Waals surface area contributed by atoms with E-state index in [9.17, 15) is 22.2 Å². The second-order valence-electron chi connectivity index (χ2n) is 8.77. The van der Waals surface area contributed by atoms with Gasteiger partial charge in [-0.25, -0.2) is 9.98 Å². The van der Waals surface area contributed by atoms with E-state index in [1.54, 1.807) is 60.7 Å². The van der Waals surface area contributed by atoms with Crippen molar-refractivity contribution in [2.45, 2.75) is 11.6 Å². The van der Waals surface area contributed by atoms with Crippen LogP contribution in [-0.4, -0.2) is 65.8 Å². The molecule has 1 amide bonds. The number of amides is 1. The van der Waals surface area contributed by atoms with Crippen molar-refractivity contribution >= 4 is 22.2 Å². The Hall–Kier alpha value is -3.71. The molecule has 2 aliphatic rings. The number of benzene rings is 2. The van der Waals surface area contributed by atoms with Gasteiger partial charge in [0.25, 0.3) is 5.91 Å². The molecule has 2 unspecified atom stereocenters. The third kappa shape index (κ3) is 4.27. The number of aliphatic imine (C=N–C) groups is 1. The molecular formula is C25H24FN5O5S. The summed E-state index contributed by atoms with van der Waals surface area (Å²) in [5.41, 5.74) is 6.60. The summed E-state index contributed by atoms with van der Waals surface area (Å²) >= 11 is 0. The minimum Gasteiger partial charge on any atom is -0.378 e. The lowest BCUT2D eigenvalue weighted by Crippen LogP contribution is -2.43. The number of carbonyl (C=O) groups is 1. The van der Waals surface area contributed by atoms with Gasteiger partial charge in [0, 0.05) is 25.4 Å². The van der Waals surface area contributed by atoms with E-state index >= 15 is 0 Å². The molecule has 3 N–H and O–H groups in total. The van der Waals surface area contributed by atoms with E-state index in [1.165, 1.54) is 18.1 Å². The highest BCUT2D eigenvalue weighted by Gasteiger charge is 2.50. The van der Waals surface area contributed by atoms with E-state index in [-0.39, 0.29) is 31.3 Å². The molecule has 10 nitrogen and oxygen atoms in total. The summed E-state index contributed by atoms with van der Waals surface area (Å²) in [6, 6.07) is 15.8. The largest absolute Gasteiger partial charge is 0.378 e. The smallest absolute Gasteiger partial charge is 0.336 e. The Kier molecular flexibility index (Phi) is 6.28. The molecule has 2 aliphatic heterocycles. The van der Waals surface area contributed by atoms with Crippen molar-refractivity contribution in [1.29, 1.82) is 0 Å². The number of nitrogens with zero attached hydrogens (tertiary/aromatic N) is 4. The van der Waals surface area contributed by atoms with Crippen LogP contribution in [0.3, 0.4) is 0 Å². The highest BCUT2D eigenvalue weighted by molar-refractivity contribution is 7.83. The molecule has 12 heteroatoms. The quantitative estimate of drug-likeness (QED) is 0.384. The minimum atomic E-state index is -4.50. The zero-order valence-electron chi connectivity index (χ0n) is 19.8. The van der Waals surface area contributed by atoms with E-state index < -0.39 is 33.7 Å². The maximum atomic E-state index is 14.5. The van der Waals surface area contributed by atoms with Gasteiger partial charge in [-0.05, 0) is 40.5 Å². The zero-order chi connectivity index (χ0) is 26.4. The minimum absolute atomic E-state index is 0.00562. The van der Waals surface area contributed by atoms with Crippen LogP contribution >= 0.6 is 0 Å². The molecule has 0 bridgehead atoms. The lowest BCUT2D eigenvalue weighted by molar-refractivity contribution is -0.129. The number of nitrogens with two attached hydrogens (primary N) is 1. The van der Waals surface area contributed by atoms with Gasteiger partial charge >= 0.3 is 10.3 Å². The second kappa shape index (κ2) is 9.30. The van der Waals surface area contributed by atoms with Crippen LogP contribution in [-0.2, 0) is 25.4 Å². The van der Waals surface area contributed by atoms with Crippen molar-refractivity contribution in [3.05, 3.63) is 89.5 Å². The molecule has 5 rings (SSSR count). The van der Waals surface area contributed by atoms with E-state index in [0.29, 0.717) is 22.3 Å². The van der Waals surface area contributed by atoms with Gasteiger partial charge in [-0.15, -0.1) is 0 Å². The second-order valence-corrected chi connectivity index (χ2v) is 10.1. The molecule has 1 fully saturated rings. The zero-order valence-corrected chi connectivity index (χ0v) is 20.6. The van der Waals surface area contributed by atoms with E-state index in [0.717, 1.165) is 4.31 Å². The van der Waals surface area contributed by atoms with Crippen LogP contribution in [0.1, 0.15) is 22.7 Å². The average Bonchev–Trinajstić information content (AvgIpc) is 3.13. The Balaban J connectivity index is 1.68. The highest BCUT2D eigenvalue weighted by atomic mass is 32.2. The predicted octanol–water partition coefficient (Wildman–Crippen LogP) is 2.09. The van der Waals surface area contributed by atoms with Crippen molar-refractivity contribution in [3.8, 4) is 11.1 Å². The molecule has 3 heterocycles. The molecule has 2 atom stereocenters. The van der Waals surface area contributed by atoms with Crippen molar-refractivity contribution in [3.63, 3.8) is 0 Å². The van der Waals surface area contributed by atoms with Gasteiger partial charge in [0.15, 0.2) is 11.5 Å². The van der Waals surface area contributed by atoms with E-state index in [4.69, 9.17) is 10.5 Å². The fourth-order valence-corrected chi connectivity index (χ4v) is 5.60. The topological polar surface area (TPSA) is 138 Å². The first kappa shape index (κ1) is 25.0. The van der Waals surface area contributed by atoms with Crippen LogP contribution in [0.2, 0.25) is 0 Å². The summed E-state index contributed by atoms with van der Waals surface area (Å²) in [6.07, 6.45) is 1.35. The molecule has 0 aliphatic carbocycles. The first-order chi connectivity index (χ1) is 17.6. The molecule has 0 spiro atoms. The normalized spacial score (nSPS) is 22.8. The van der Waals surface area contributed by atoms with Crippen LogP contribution in [0.25, 0.3) is 11.1 Å². The summed E-state index contributed by atoms with van der Waals surface area (Å²) in [5, 5.41) is 0. The number of morpholine rings is 1. The van der Waals surface area contributed by atoms with Crippen LogP contribution < -0.4 is 5.73 Å². The molecule has 3 aromatic rings. The first-order valence-corrected chi connectivity index (χ1v) is 12.8. The lowest BCUT2D eigenvalue weighted by Gasteiger charge is -2.33. The van der Waals surface area contributed by atoms with Crippen LogP contribution in [0.15, 0.2) is 71.9 Å². The third-order valence-corrected chi connectivity index (χ3v) is 7.69. The molecule has 37 heavy (non-hydrogen) atoms. The van der Waals surface area contributed by atoms with Crippen LogP contribution in [0, 0.1) is 5.95 Å². The standard InChI is InChI=1S/C25H24FN5O5S/c1-30-23(32)25(29-24(30)27,18-7-2-5-16(13-18)20-9-4-10-28-22(20)26)19-8-3-6-17(14-19)21-15-36-12-11-31(21)37(33,34)35/h2-10,13-14,21H,11-12,15H2,1H3,(H2,27,29)(H,33,34,35). The first-order valence-electron chi connectivity index (χ1n) is 11.4. The Morgan fingerprint density at radius 2 is 1.86 bits per heavy atom. The molecule has 2 aromatic carbocycles. The summed E-state index contributed by atoms with van der Waals surface area (Å²) < 4.78 is 54.7. The fourth-order valence-electron chi connectivity index (χ4n) is 4.80. The van der Waals surface area contributed by atoms with Gasteiger partial charge in [-0.3, -0.25) is 14.2 Å². The number of likely N-dealkylation sites (N-methyl/N-ethyl adjacent to an activating group) is 1. The third-order valence-electron chi connectivity index (χ3n) is 6.66. The molecule has 1 saturated heterocycles. The Morgan fingerprint density at radius 1 is 1.14 bits per heavy atom. The number of hydrogen-bond acceptors (Lipinski definition) is 7. The number of ether oxygens (including phenoxy) is 1. The van der Waals surface area contributed by atoms with Gasteiger partial charge in [-0.1, -0.05) is 42.5 Å².